The normalized spacial score (nSPS) is 25.2. The largest absolute Gasteiger partial charge is 0.454 e. The lowest BCUT2D eigenvalue weighted by molar-refractivity contribution is -0.164. The Bertz CT molecular complexity index is 543. The van der Waals surface area contributed by atoms with Crippen molar-refractivity contribution in [1.29, 1.82) is 0 Å². The highest BCUT2D eigenvalue weighted by atomic mass is 16.6. The van der Waals surface area contributed by atoms with Crippen molar-refractivity contribution in [3.63, 3.8) is 0 Å². The number of carbonyl (C=O) groups excluding carboxylic acids is 3. The summed E-state index contributed by atoms with van der Waals surface area (Å²) in [7, 11) is 0. The molecule has 0 saturated heterocycles. The van der Waals surface area contributed by atoms with Crippen molar-refractivity contribution in [2.24, 2.45) is 11.8 Å². The lowest BCUT2D eigenvalue weighted by Crippen LogP contribution is -2.48. The van der Waals surface area contributed by atoms with Crippen LogP contribution in [0.1, 0.15) is 34.6 Å². The Labute approximate surface area is 136 Å². The maximum atomic E-state index is 12.4. The van der Waals surface area contributed by atoms with Crippen LogP contribution in [0.4, 0.5) is 0 Å². The summed E-state index contributed by atoms with van der Waals surface area (Å²) >= 11 is 0. The van der Waals surface area contributed by atoms with E-state index in [1.54, 1.807) is 19.9 Å². The third kappa shape index (κ3) is 4.51. The zero-order chi connectivity index (χ0) is 17.7. The van der Waals surface area contributed by atoms with Crippen molar-refractivity contribution in [3.05, 3.63) is 23.3 Å². The van der Waals surface area contributed by atoms with Crippen LogP contribution in [-0.4, -0.2) is 41.6 Å². The highest BCUT2D eigenvalue weighted by Crippen LogP contribution is 2.32. The number of carbonyl (C=O) groups is 3. The highest BCUT2D eigenvalue weighted by Gasteiger charge is 2.44. The van der Waals surface area contributed by atoms with Gasteiger partial charge in [0, 0.05) is 24.0 Å². The topological polar surface area (TPSA) is 89.9 Å². The second kappa shape index (κ2) is 8.06. The number of hydrogen-bond donors (Lipinski definition) is 1. The molecule has 0 fully saturated rings. The van der Waals surface area contributed by atoms with E-state index in [2.05, 4.69) is 0 Å². The summed E-state index contributed by atoms with van der Waals surface area (Å²) in [6, 6.07) is 0. The molecule has 0 spiro atoms. The van der Waals surface area contributed by atoms with Gasteiger partial charge in [-0.05, 0) is 25.8 Å². The van der Waals surface area contributed by atoms with Crippen molar-refractivity contribution in [3.8, 4) is 0 Å². The Morgan fingerprint density at radius 2 is 1.91 bits per heavy atom. The van der Waals surface area contributed by atoms with Gasteiger partial charge in [-0.3, -0.25) is 9.59 Å². The molecule has 1 rings (SSSR count). The molecular formula is C17H24O6. The molecule has 128 valence electrons. The van der Waals surface area contributed by atoms with Crippen LogP contribution in [0.2, 0.25) is 0 Å². The molecule has 0 amide bonds. The van der Waals surface area contributed by atoms with Gasteiger partial charge in [0.15, 0.2) is 6.10 Å². The number of ketones is 1. The second-order valence-electron chi connectivity index (χ2n) is 5.91. The molecule has 0 bridgehead atoms. The van der Waals surface area contributed by atoms with Crippen LogP contribution in [0.3, 0.4) is 0 Å². The smallest absolute Gasteiger partial charge is 0.333 e. The van der Waals surface area contributed by atoms with Gasteiger partial charge in [-0.15, -0.1) is 0 Å². The first-order chi connectivity index (χ1) is 10.7. The van der Waals surface area contributed by atoms with Crippen LogP contribution in [0.5, 0.6) is 0 Å². The van der Waals surface area contributed by atoms with Gasteiger partial charge in [-0.1, -0.05) is 19.9 Å². The molecule has 0 aromatic carbocycles. The van der Waals surface area contributed by atoms with Crippen molar-refractivity contribution in [2.75, 3.05) is 6.61 Å². The van der Waals surface area contributed by atoms with E-state index in [1.165, 1.54) is 13.0 Å². The molecule has 6 heteroatoms. The molecule has 0 aliphatic heterocycles. The number of hydrogen-bond acceptors (Lipinski definition) is 6. The molecule has 1 N–H and O–H groups in total. The molecule has 23 heavy (non-hydrogen) atoms. The molecule has 0 heterocycles. The van der Waals surface area contributed by atoms with E-state index in [0.29, 0.717) is 5.57 Å². The van der Waals surface area contributed by atoms with Crippen molar-refractivity contribution in [1.82, 2.24) is 0 Å². The van der Waals surface area contributed by atoms with Crippen LogP contribution in [0, 0.1) is 11.8 Å². The zero-order valence-electron chi connectivity index (χ0n) is 14.2. The van der Waals surface area contributed by atoms with Gasteiger partial charge in [-0.2, -0.15) is 0 Å². The van der Waals surface area contributed by atoms with E-state index in [9.17, 15) is 19.5 Å². The highest BCUT2D eigenvalue weighted by molar-refractivity contribution is 6.01. The minimum absolute atomic E-state index is 0.0801. The maximum absolute atomic E-state index is 12.4. The lowest BCUT2D eigenvalue weighted by Gasteiger charge is -2.37. The first-order valence-electron chi connectivity index (χ1n) is 7.59. The van der Waals surface area contributed by atoms with E-state index < -0.39 is 42.5 Å². The number of Topliss-reactive ketones (excluding diaryl/α,β-unsaturated/α-hetero) is 1. The van der Waals surface area contributed by atoms with Gasteiger partial charge in [0.1, 0.15) is 6.10 Å². The number of aliphatic hydroxyl groups excluding tert-OH is 1. The Kier molecular flexibility index (Phi) is 6.69. The van der Waals surface area contributed by atoms with E-state index >= 15 is 0 Å². The minimum Gasteiger partial charge on any atom is -0.454 e. The Hall–Kier alpha value is -1.95. The SMILES string of the molecule is C/C=C(\C)C(=O)O[C@H]1C=C(CO)C(=O)[C@H](OC(C)=O)[C@H]1C(C)C. The van der Waals surface area contributed by atoms with Gasteiger partial charge in [0.2, 0.25) is 5.78 Å². The number of ether oxygens (including phenoxy) is 2. The molecule has 0 aromatic heterocycles. The average Bonchev–Trinajstić information content (AvgIpc) is 2.48. The van der Waals surface area contributed by atoms with Gasteiger partial charge in [0.05, 0.1) is 6.61 Å². The molecule has 0 aromatic rings. The van der Waals surface area contributed by atoms with Gasteiger partial charge in [-0.25, -0.2) is 4.79 Å². The molecule has 1 aliphatic rings. The maximum Gasteiger partial charge on any atom is 0.333 e. The Balaban J connectivity index is 3.22. The predicted molar refractivity (Wildman–Crippen MR) is 83.4 cm³/mol. The number of allylic oxidation sites excluding steroid dienone is 1. The Morgan fingerprint density at radius 1 is 1.30 bits per heavy atom. The Morgan fingerprint density at radius 3 is 2.35 bits per heavy atom. The summed E-state index contributed by atoms with van der Waals surface area (Å²) in [5, 5.41) is 9.36. The zero-order valence-corrected chi connectivity index (χ0v) is 14.2. The van der Waals surface area contributed by atoms with Crippen molar-refractivity contribution < 1.29 is 29.0 Å². The van der Waals surface area contributed by atoms with Gasteiger partial charge < -0.3 is 14.6 Å². The van der Waals surface area contributed by atoms with Crippen LogP contribution in [-0.2, 0) is 23.9 Å². The average molecular weight is 324 g/mol. The quantitative estimate of drug-likeness (QED) is 0.610. The van der Waals surface area contributed by atoms with E-state index in [1.807, 2.05) is 13.8 Å². The van der Waals surface area contributed by atoms with Crippen molar-refractivity contribution in [2.45, 2.75) is 46.8 Å². The summed E-state index contributed by atoms with van der Waals surface area (Å²) < 4.78 is 10.6. The second-order valence-corrected chi connectivity index (χ2v) is 5.91. The van der Waals surface area contributed by atoms with E-state index in [4.69, 9.17) is 9.47 Å². The predicted octanol–water partition coefficient (Wildman–Crippen LogP) is 1.57. The first kappa shape index (κ1) is 19.1. The molecule has 1 aliphatic carbocycles. The molecular weight excluding hydrogens is 300 g/mol. The number of aliphatic hydroxyl groups is 1. The third-order valence-corrected chi connectivity index (χ3v) is 3.90. The summed E-state index contributed by atoms with van der Waals surface area (Å²) in [6.07, 6.45) is 1.26. The summed E-state index contributed by atoms with van der Waals surface area (Å²) in [5.74, 6) is -2.13. The molecule has 0 unspecified atom stereocenters. The third-order valence-electron chi connectivity index (χ3n) is 3.90. The molecule has 3 atom stereocenters. The van der Waals surface area contributed by atoms with Crippen LogP contribution < -0.4 is 0 Å². The van der Waals surface area contributed by atoms with Crippen molar-refractivity contribution >= 4 is 17.7 Å². The van der Waals surface area contributed by atoms with Gasteiger partial charge in [0.25, 0.3) is 0 Å². The summed E-state index contributed by atoms with van der Waals surface area (Å²) in [5.41, 5.74) is 0.525. The molecule has 0 radical (unpaired) electrons. The van der Waals surface area contributed by atoms with Gasteiger partial charge >= 0.3 is 11.9 Å². The van der Waals surface area contributed by atoms with Crippen LogP contribution >= 0.6 is 0 Å². The fraction of sp³-hybridized carbons (Fsp3) is 0.588. The first-order valence-corrected chi connectivity index (χ1v) is 7.59. The number of rotatable bonds is 5. The molecule has 0 saturated carbocycles. The van der Waals surface area contributed by atoms with E-state index in [-0.39, 0.29) is 11.5 Å². The summed E-state index contributed by atoms with van der Waals surface area (Å²) in [6.45, 7) is 7.77. The fourth-order valence-corrected chi connectivity index (χ4v) is 2.54. The lowest BCUT2D eigenvalue weighted by atomic mass is 9.77. The number of esters is 2. The fourth-order valence-electron chi connectivity index (χ4n) is 2.54. The monoisotopic (exact) mass is 324 g/mol. The summed E-state index contributed by atoms with van der Waals surface area (Å²) in [4.78, 5) is 35.7. The standard InChI is InChI=1S/C17H24O6/c1-6-10(4)17(21)23-13-7-12(8-18)15(20)16(22-11(5)19)14(13)9(2)3/h6-7,9,13-14,16,18H,8H2,1-5H3/b10-6+/t13-,14-,16+/m0/s1. The van der Waals surface area contributed by atoms with Crippen LogP contribution in [0.25, 0.3) is 0 Å². The minimum atomic E-state index is -1.07. The molecule has 6 nitrogen and oxygen atoms in total. The van der Waals surface area contributed by atoms with E-state index in [0.717, 1.165) is 0 Å². The van der Waals surface area contributed by atoms with Crippen LogP contribution in [0.15, 0.2) is 23.3 Å².